The van der Waals surface area contributed by atoms with Crippen molar-refractivity contribution in [2.24, 2.45) is 11.7 Å². The van der Waals surface area contributed by atoms with Crippen LogP contribution in [0.5, 0.6) is 0 Å². The molecule has 0 heterocycles. The van der Waals surface area contributed by atoms with Gasteiger partial charge in [-0.2, -0.15) is 11.8 Å². The van der Waals surface area contributed by atoms with E-state index < -0.39 is 0 Å². The van der Waals surface area contributed by atoms with Crippen molar-refractivity contribution in [1.29, 1.82) is 0 Å². The summed E-state index contributed by atoms with van der Waals surface area (Å²) in [5.41, 5.74) is 5.89. The van der Waals surface area contributed by atoms with E-state index in [4.69, 9.17) is 5.73 Å². The van der Waals surface area contributed by atoms with Gasteiger partial charge in [0.05, 0.1) is 0 Å². The van der Waals surface area contributed by atoms with Gasteiger partial charge in [0.1, 0.15) is 0 Å². The van der Waals surface area contributed by atoms with Crippen molar-refractivity contribution < 1.29 is 4.79 Å². The van der Waals surface area contributed by atoms with Crippen LogP contribution in [0, 0.1) is 5.92 Å². The molecule has 1 aliphatic carbocycles. The van der Waals surface area contributed by atoms with E-state index in [9.17, 15) is 4.79 Å². The highest BCUT2D eigenvalue weighted by atomic mass is 35.5. The lowest BCUT2D eigenvalue weighted by molar-refractivity contribution is -0.121. The van der Waals surface area contributed by atoms with Gasteiger partial charge in [-0.1, -0.05) is 0 Å². The number of thioether (sulfide) groups is 1. The van der Waals surface area contributed by atoms with Crippen molar-refractivity contribution in [3.05, 3.63) is 0 Å². The van der Waals surface area contributed by atoms with Crippen molar-refractivity contribution in [3.8, 4) is 0 Å². The Hall–Kier alpha value is 0.0700. The summed E-state index contributed by atoms with van der Waals surface area (Å²) < 4.78 is 0. The molecule has 0 saturated heterocycles. The molecular formula is C11H23ClN2OS. The minimum atomic E-state index is 0. The lowest BCUT2D eigenvalue weighted by Gasteiger charge is -2.11. The van der Waals surface area contributed by atoms with Crippen molar-refractivity contribution in [2.45, 2.75) is 38.1 Å². The molecule has 0 aromatic rings. The van der Waals surface area contributed by atoms with E-state index in [0.717, 1.165) is 18.6 Å². The normalized spacial score (nSPS) is 16.4. The van der Waals surface area contributed by atoms with Crippen LogP contribution in [0.25, 0.3) is 0 Å². The first-order valence-electron chi connectivity index (χ1n) is 5.75. The van der Waals surface area contributed by atoms with Crippen LogP contribution >= 0.6 is 24.2 Å². The van der Waals surface area contributed by atoms with E-state index in [-0.39, 0.29) is 24.4 Å². The predicted molar refractivity (Wildman–Crippen MR) is 73.2 cm³/mol. The summed E-state index contributed by atoms with van der Waals surface area (Å²) in [5.74, 6) is 1.98. The SMILES string of the molecule is CSCCCCC(=O)NCC(N)C1CC1.Cl. The molecule has 0 aromatic carbocycles. The standard InChI is InChI=1S/C11H22N2OS.ClH/c1-15-7-3-2-4-11(14)13-8-10(12)9-5-6-9;/h9-10H,2-8,12H2,1H3,(H,13,14);1H. The molecule has 3 nitrogen and oxygen atoms in total. The average molecular weight is 267 g/mol. The quantitative estimate of drug-likeness (QED) is 0.659. The molecule has 16 heavy (non-hydrogen) atoms. The number of hydrogen-bond acceptors (Lipinski definition) is 3. The number of carbonyl (C=O) groups excluding carboxylic acids is 1. The molecule has 1 aliphatic rings. The van der Waals surface area contributed by atoms with Crippen molar-refractivity contribution in [3.63, 3.8) is 0 Å². The zero-order valence-electron chi connectivity index (χ0n) is 9.91. The number of unbranched alkanes of at least 4 members (excludes halogenated alkanes) is 1. The highest BCUT2D eigenvalue weighted by Gasteiger charge is 2.28. The Bertz CT molecular complexity index is 200. The fourth-order valence-electron chi connectivity index (χ4n) is 1.54. The lowest BCUT2D eigenvalue weighted by atomic mass is 10.2. The van der Waals surface area contributed by atoms with Gasteiger partial charge >= 0.3 is 0 Å². The summed E-state index contributed by atoms with van der Waals surface area (Å²) in [5, 5.41) is 2.91. The van der Waals surface area contributed by atoms with E-state index in [0.29, 0.717) is 18.9 Å². The first kappa shape index (κ1) is 16.1. The molecule has 1 saturated carbocycles. The van der Waals surface area contributed by atoms with Gasteiger partial charge in [0.15, 0.2) is 0 Å². The number of nitrogens with two attached hydrogens (primary N) is 1. The molecule has 0 aliphatic heterocycles. The molecule has 1 atom stereocenters. The van der Waals surface area contributed by atoms with Crippen LogP contribution in [0.4, 0.5) is 0 Å². The molecular weight excluding hydrogens is 244 g/mol. The van der Waals surface area contributed by atoms with Gasteiger partial charge in [-0.05, 0) is 43.6 Å². The van der Waals surface area contributed by atoms with Crippen LogP contribution in [-0.2, 0) is 4.79 Å². The first-order valence-corrected chi connectivity index (χ1v) is 7.14. The molecule has 1 amide bonds. The number of nitrogens with one attached hydrogen (secondary N) is 1. The van der Waals surface area contributed by atoms with Crippen molar-refractivity contribution in [2.75, 3.05) is 18.6 Å². The molecule has 5 heteroatoms. The first-order chi connectivity index (χ1) is 7.24. The van der Waals surface area contributed by atoms with E-state index in [1.165, 1.54) is 12.8 Å². The Morgan fingerprint density at radius 3 is 2.75 bits per heavy atom. The van der Waals surface area contributed by atoms with Crippen molar-refractivity contribution in [1.82, 2.24) is 5.32 Å². The molecule has 0 aromatic heterocycles. The zero-order valence-corrected chi connectivity index (χ0v) is 11.5. The van der Waals surface area contributed by atoms with E-state index >= 15 is 0 Å². The third-order valence-electron chi connectivity index (χ3n) is 2.76. The van der Waals surface area contributed by atoms with Gasteiger partial charge in [0.25, 0.3) is 0 Å². The summed E-state index contributed by atoms with van der Waals surface area (Å²) >= 11 is 1.83. The second-order valence-corrected chi connectivity index (χ2v) is 5.24. The second-order valence-electron chi connectivity index (χ2n) is 4.26. The topological polar surface area (TPSA) is 55.1 Å². The molecule has 96 valence electrons. The Kier molecular flexibility index (Phi) is 9.18. The number of halogens is 1. The number of carbonyl (C=O) groups is 1. The van der Waals surface area contributed by atoms with E-state index in [1.54, 1.807) is 0 Å². The third kappa shape index (κ3) is 7.36. The predicted octanol–water partition coefficient (Wildman–Crippen LogP) is 1.79. The molecule has 3 N–H and O–H groups in total. The Morgan fingerprint density at radius 2 is 2.19 bits per heavy atom. The minimum absolute atomic E-state index is 0. The highest BCUT2D eigenvalue weighted by molar-refractivity contribution is 7.98. The maximum atomic E-state index is 11.4. The summed E-state index contributed by atoms with van der Waals surface area (Å²) in [6.45, 7) is 0.659. The molecule has 0 spiro atoms. The molecule has 0 bridgehead atoms. The average Bonchev–Trinajstić information content (AvgIpc) is 3.04. The summed E-state index contributed by atoms with van der Waals surface area (Å²) in [6.07, 6.45) is 7.34. The number of hydrogen-bond donors (Lipinski definition) is 2. The summed E-state index contributed by atoms with van der Waals surface area (Å²) in [6, 6.07) is 0.181. The van der Waals surface area contributed by atoms with Gasteiger partial charge in [0.2, 0.25) is 5.91 Å². The maximum Gasteiger partial charge on any atom is 0.220 e. The van der Waals surface area contributed by atoms with Crippen LogP contribution in [0.15, 0.2) is 0 Å². The highest BCUT2D eigenvalue weighted by Crippen LogP contribution is 2.31. The van der Waals surface area contributed by atoms with Crippen LogP contribution in [0.2, 0.25) is 0 Å². The Morgan fingerprint density at radius 1 is 1.50 bits per heavy atom. The third-order valence-corrected chi connectivity index (χ3v) is 3.46. The monoisotopic (exact) mass is 266 g/mol. The fourth-order valence-corrected chi connectivity index (χ4v) is 2.04. The van der Waals surface area contributed by atoms with Crippen LogP contribution in [0.1, 0.15) is 32.1 Å². The fraction of sp³-hybridized carbons (Fsp3) is 0.909. The van der Waals surface area contributed by atoms with Crippen LogP contribution in [0.3, 0.4) is 0 Å². The Labute approximate surface area is 109 Å². The van der Waals surface area contributed by atoms with Crippen LogP contribution < -0.4 is 11.1 Å². The van der Waals surface area contributed by atoms with Gasteiger partial charge in [0, 0.05) is 19.0 Å². The maximum absolute atomic E-state index is 11.4. The van der Waals surface area contributed by atoms with Gasteiger partial charge in [-0.25, -0.2) is 0 Å². The van der Waals surface area contributed by atoms with Crippen LogP contribution in [-0.4, -0.2) is 30.5 Å². The zero-order chi connectivity index (χ0) is 11.1. The largest absolute Gasteiger partial charge is 0.355 e. The lowest BCUT2D eigenvalue weighted by Crippen LogP contribution is -2.38. The van der Waals surface area contributed by atoms with Gasteiger partial charge in [-0.15, -0.1) is 12.4 Å². The van der Waals surface area contributed by atoms with E-state index in [1.807, 2.05) is 11.8 Å². The molecule has 1 rings (SSSR count). The molecule has 1 fully saturated rings. The van der Waals surface area contributed by atoms with E-state index in [2.05, 4.69) is 11.6 Å². The van der Waals surface area contributed by atoms with Gasteiger partial charge < -0.3 is 11.1 Å². The number of rotatable bonds is 8. The second kappa shape index (κ2) is 9.14. The summed E-state index contributed by atoms with van der Waals surface area (Å²) in [4.78, 5) is 11.4. The minimum Gasteiger partial charge on any atom is -0.355 e. The smallest absolute Gasteiger partial charge is 0.220 e. The molecule has 0 radical (unpaired) electrons. The number of amides is 1. The summed E-state index contributed by atoms with van der Waals surface area (Å²) in [7, 11) is 0. The van der Waals surface area contributed by atoms with Gasteiger partial charge in [-0.3, -0.25) is 4.79 Å². The Balaban J connectivity index is 0.00000225. The van der Waals surface area contributed by atoms with Crippen molar-refractivity contribution >= 4 is 30.1 Å². The molecule has 1 unspecified atom stereocenters.